The zero-order chi connectivity index (χ0) is 15.5. The van der Waals surface area contributed by atoms with Crippen LogP contribution in [0.1, 0.15) is 24.5 Å². The highest BCUT2D eigenvalue weighted by molar-refractivity contribution is 5.75. The number of hydrogen-bond donors (Lipinski definition) is 1. The molecular weight excluding hydrogens is 276 g/mol. The van der Waals surface area contributed by atoms with Crippen LogP contribution >= 0.6 is 0 Å². The molecule has 22 heavy (non-hydrogen) atoms. The maximum Gasteiger partial charge on any atom is 0.219 e. The van der Waals surface area contributed by atoms with Gasteiger partial charge in [0.2, 0.25) is 5.91 Å². The van der Waals surface area contributed by atoms with E-state index >= 15 is 0 Å². The Morgan fingerprint density at radius 1 is 1.36 bits per heavy atom. The van der Waals surface area contributed by atoms with Crippen LogP contribution in [0.3, 0.4) is 0 Å². The Morgan fingerprint density at radius 2 is 2.23 bits per heavy atom. The normalized spacial score (nSPS) is 16.0. The highest BCUT2D eigenvalue weighted by Gasteiger charge is 2.26. The van der Waals surface area contributed by atoms with Gasteiger partial charge < -0.3 is 10.1 Å². The Morgan fingerprint density at radius 3 is 3.00 bits per heavy atom. The molecule has 114 valence electrons. The van der Waals surface area contributed by atoms with E-state index in [9.17, 15) is 4.79 Å². The second-order valence-corrected chi connectivity index (χ2v) is 5.56. The van der Waals surface area contributed by atoms with E-state index in [0.717, 1.165) is 29.0 Å². The SMILES string of the molecule is CCC(=O)NCC1Cc2cccc(-c3ncccc3C)c2O1. The van der Waals surface area contributed by atoms with Crippen molar-refractivity contribution >= 4 is 5.91 Å². The summed E-state index contributed by atoms with van der Waals surface area (Å²) in [6.07, 6.45) is 3.11. The van der Waals surface area contributed by atoms with E-state index in [1.54, 1.807) is 6.20 Å². The fourth-order valence-electron chi connectivity index (χ4n) is 2.76. The van der Waals surface area contributed by atoms with Crippen molar-refractivity contribution in [3.63, 3.8) is 0 Å². The molecule has 1 atom stereocenters. The van der Waals surface area contributed by atoms with Gasteiger partial charge in [0.05, 0.1) is 12.2 Å². The Bertz CT molecular complexity index is 697. The molecule has 0 saturated heterocycles. The molecule has 1 aromatic heterocycles. The summed E-state index contributed by atoms with van der Waals surface area (Å²) in [5.41, 5.74) is 4.29. The van der Waals surface area contributed by atoms with Gasteiger partial charge in [0.25, 0.3) is 0 Å². The molecule has 0 fully saturated rings. The third-order valence-corrected chi connectivity index (χ3v) is 3.94. The first-order valence-electron chi connectivity index (χ1n) is 7.66. The third kappa shape index (κ3) is 2.82. The largest absolute Gasteiger partial charge is 0.487 e. The van der Waals surface area contributed by atoms with Crippen molar-refractivity contribution < 1.29 is 9.53 Å². The van der Waals surface area contributed by atoms with Crippen LogP contribution in [-0.2, 0) is 11.2 Å². The van der Waals surface area contributed by atoms with Crippen molar-refractivity contribution in [2.75, 3.05) is 6.54 Å². The van der Waals surface area contributed by atoms with E-state index in [-0.39, 0.29) is 12.0 Å². The number of carbonyl (C=O) groups is 1. The molecule has 1 N–H and O–H groups in total. The average Bonchev–Trinajstić information content (AvgIpc) is 2.96. The van der Waals surface area contributed by atoms with Crippen LogP contribution in [0.15, 0.2) is 36.5 Å². The van der Waals surface area contributed by atoms with Gasteiger partial charge in [0.1, 0.15) is 11.9 Å². The highest BCUT2D eigenvalue weighted by Crippen LogP contribution is 2.38. The molecular formula is C18H20N2O2. The quantitative estimate of drug-likeness (QED) is 0.944. The highest BCUT2D eigenvalue weighted by atomic mass is 16.5. The Labute approximate surface area is 130 Å². The number of rotatable bonds is 4. The van der Waals surface area contributed by atoms with Gasteiger partial charge in [0, 0.05) is 24.6 Å². The van der Waals surface area contributed by atoms with E-state index in [4.69, 9.17) is 4.74 Å². The van der Waals surface area contributed by atoms with Crippen LogP contribution in [0.25, 0.3) is 11.3 Å². The fraction of sp³-hybridized carbons (Fsp3) is 0.333. The van der Waals surface area contributed by atoms with Crippen LogP contribution in [0, 0.1) is 6.92 Å². The van der Waals surface area contributed by atoms with Crippen molar-refractivity contribution in [2.24, 2.45) is 0 Å². The van der Waals surface area contributed by atoms with Gasteiger partial charge in [-0.2, -0.15) is 0 Å². The van der Waals surface area contributed by atoms with Crippen molar-refractivity contribution in [3.05, 3.63) is 47.7 Å². The van der Waals surface area contributed by atoms with Crippen LogP contribution in [0.5, 0.6) is 5.75 Å². The maximum absolute atomic E-state index is 11.4. The number of pyridine rings is 1. The van der Waals surface area contributed by atoms with Crippen molar-refractivity contribution in [1.82, 2.24) is 10.3 Å². The predicted octanol–water partition coefficient (Wildman–Crippen LogP) is 2.89. The molecule has 0 bridgehead atoms. The number of fused-ring (bicyclic) bond motifs is 1. The van der Waals surface area contributed by atoms with E-state index in [0.29, 0.717) is 13.0 Å². The lowest BCUT2D eigenvalue weighted by Gasteiger charge is -2.13. The lowest BCUT2D eigenvalue weighted by atomic mass is 10.0. The summed E-state index contributed by atoms with van der Waals surface area (Å²) in [5.74, 6) is 0.959. The van der Waals surface area contributed by atoms with E-state index in [1.807, 2.05) is 25.1 Å². The molecule has 0 radical (unpaired) electrons. The van der Waals surface area contributed by atoms with Crippen LogP contribution in [-0.4, -0.2) is 23.5 Å². The second kappa shape index (κ2) is 6.18. The van der Waals surface area contributed by atoms with Gasteiger partial charge in [-0.15, -0.1) is 0 Å². The first-order chi connectivity index (χ1) is 10.7. The summed E-state index contributed by atoms with van der Waals surface area (Å²) in [7, 11) is 0. The molecule has 0 saturated carbocycles. The Hall–Kier alpha value is -2.36. The third-order valence-electron chi connectivity index (χ3n) is 3.94. The van der Waals surface area contributed by atoms with Gasteiger partial charge in [-0.05, 0) is 30.2 Å². The summed E-state index contributed by atoms with van der Waals surface area (Å²) < 4.78 is 6.09. The molecule has 4 nitrogen and oxygen atoms in total. The lowest BCUT2D eigenvalue weighted by molar-refractivity contribution is -0.121. The number of aryl methyl sites for hydroxylation is 1. The van der Waals surface area contributed by atoms with Crippen molar-refractivity contribution in [3.8, 4) is 17.0 Å². The monoisotopic (exact) mass is 296 g/mol. The predicted molar refractivity (Wildman–Crippen MR) is 85.8 cm³/mol. The van der Waals surface area contributed by atoms with E-state index < -0.39 is 0 Å². The zero-order valence-electron chi connectivity index (χ0n) is 12.9. The molecule has 1 aromatic carbocycles. The van der Waals surface area contributed by atoms with E-state index in [1.165, 1.54) is 5.56 Å². The minimum atomic E-state index is -0.00401. The number of hydrogen-bond acceptors (Lipinski definition) is 3. The average molecular weight is 296 g/mol. The molecule has 1 aliphatic heterocycles. The zero-order valence-corrected chi connectivity index (χ0v) is 12.9. The van der Waals surface area contributed by atoms with Gasteiger partial charge >= 0.3 is 0 Å². The topological polar surface area (TPSA) is 51.2 Å². The molecule has 0 spiro atoms. The molecule has 2 heterocycles. The number of nitrogens with zero attached hydrogens (tertiary/aromatic N) is 1. The summed E-state index contributed by atoms with van der Waals surface area (Å²) in [4.78, 5) is 15.9. The molecule has 1 amide bonds. The summed E-state index contributed by atoms with van der Waals surface area (Å²) in [5, 5.41) is 2.90. The van der Waals surface area contributed by atoms with Gasteiger partial charge in [-0.1, -0.05) is 25.1 Å². The van der Waals surface area contributed by atoms with E-state index in [2.05, 4.69) is 29.4 Å². The lowest BCUT2D eigenvalue weighted by Crippen LogP contribution is -2.33. The van der Waals surface area contributed by atoms with Crippen LogP contribution < -0.4 is 10.1 Å². The summed E-state index contributed by atoms with van der Waals surface area (Å²) in [6, 6.07) is 10.2. The number of amides is 1. The van der Waals surface area contributed by atoms with Crippen molar-refractivity contribution in [1.29, 1.82) is 0 Å². The molecule has 1 aliphatic rings. The number of aromatic nitrogens is 1. The van der Waals surface area contributed by atoms with Gasteiger partial charge in [-0.25, -0.2) is 0 Å². The smallest absolute Gasteiger partial charge is 0.219 e. The molecule has 3 rings (SSSR count). The van der Waals surface area contributed by atoms with Crippen molar-refractivity contribution in [2.45, 2.75) is 32.8 Å². The number of carbonyl (C=O) groups excluding carboxylic acids is 1. The van der Waals surface area contributed by atoms with Gasteiger partial charge in [-0.3, -0.25) is 9.78 Å². The van der Waals surface area contributed by atoms with Crippen LogP contribution in [0.4, 0.5) is 0 Å². The summed E-state index contributed by atoms with van der Waals surface area (Å²) >= 11 is 0. The number of para-hydroxylation sites is 1. The Kier molecular flexibility index (Phi) is 4.09. The number of nitrogens with one attached hydrogen (secondary N) is 1. The first-order valence-corrected chi connectivity index (χ1v) is 7.66. The molecule has 0 aliphatic carbocycles. The van der Waals surface area contributed by atoms with Crippen LogP contribution in [0.2, 0.25) is 0 Å². The Balaban J connectivity index is 1.83. The minimum absolute atomic E-state index is 0.00401. The molecule has 2 aromatic rings. The molecule has 1 unspecified atom stereocenters. The maximum atomic E-state index is 11.4. The molecule has 4 heteroatoms. The number of benzene rings is 1. The standard InChI is InChI=1S/C18H20N2O2/c1-3-16(21)20-11-14-10-13-7-4-8-15(18(13)22-14)17-12(2)6-5-9-19-17/h4-9,14H,3,10-11H2,1-2H3,(H,20,21). The minimum Gasteiger partial charge on any atom is -0.487 e. The number of ether oxygens (including phenoxy) is 1. The van der Waals surface area contributed by atoms with Gasteiger partial charge in [0.15, 0.2) is 0 Å². The first kappa shape index (κ1) is 14.6. The fourth-order valence-corrected chi connectivity index (χ4v) is 2.76. The second-order valence-electron chi connectivity index (χ2n) is 5.56. The summed E-state index contributed by atoms with van der Waals surface area (Å²) in [6.45, 7) is 4.44.